The fourth-order valence-corrected chi connectivity index (χ4v) is 2.65. The minimum Gasteiger partial charge on any atom is -0.372 e. The van der Waals surface area contributed by atoms with Crippen LogP contribution in [0.4, 0.5) is 0 Å². The lowest BCUT2D eigenvalue weighted by Gasteiger charge is -2.06. The quantitative estimate of drug-likeness (QED) is 0.830. The summed E-state index contributed by atoms with van der Waals surface area (Å²) in [6.45, 7) is 7.89. The zero-order valence-corrected chi connectivity index (χ0v) is 11.1. The van der Waals surface area contributed by atoms with Gasteiger partial charge in [-0.25, -0.2) is 4.98 Å². The Labute approximate surface area is 101 Å². The van der Waals surface area contributed by atoms with Gasteiger partial charge in [0.25, 0.3) is 0 Å². The highest BCUT2D eigenvalue weighted by molar-refractivity contribution is 7.11. The molecule has 1 aliphatic carbocycles. The van der Waals surface area contributed by atoms with Crippen molar-refractivity contribution in [2.75, 3.05) is 6.61 Å². The summed E-state index contributed by atoms with van der Waals surface area (Å²) >= 11 is 1.78. The molecule has 0 aromatic carbocycles. The molecular formula is C12H20N2OS. The van der Waals surface area contributed by atoms with Crippen LogP contribution >= 0.6 is 11.3 Å². The lowest BCUT2D eigenvalue weighted by atomic mass is 10.4. The van der Waals surface area contributed by atoms with E-state index in [0.29, 0.717) is 0 Å². The van der Waals surface area contributed by atoms with Crippen molar-refractivity contribution in [2.45, 2.75) is 52.3 Å². The molecule has 1 N–H and O–H groups in total. The van der Waals surface area contributed by atoms with Crippen LogP contribution in [0.2, 0.25) is 0 Å². The van der Waals surface area contributed by atoms with E-state index in [4.69, 9.17) is 4.74 Å². The summed E-state index contributed by atoms with van der Waals surface area (Å²) in [7, 11) is 0. The number of aromatic nitrogens is 1. The molecule has 1 atom stereocenters. The standard InChI is InChI=1S/C12H20N2OS/c1-4-15-9(3)12-14-8(2)11(16-12)7-13-10-5-6-10/h9-10,13H,4-7H2,1-3H3. The molecule has 0 spiro atoms. The van der Waals surface area contributed by atoms with E-state index in [-0.39, 0.29) is 6.10 Å². The molecule has 0 bridgehead atoms. The summed E-state index contributed by atoms with van der Waals surface area (Å²) in [4.78, 5) is 5.94. The second-order valence-corrected chi connectivity index (χ2v) is 5.43. The molecule has 0 saturated heterocycles. The second kappa shape index (κ2) is 5.25. The number of hydrogen-bond acceptors (Lipinski definition) is 4. The van der Waals surface area contributed by atoms with Crippen LogP contribution in [-0.4, -0.2) is 17.6 Å². The first-order valence-electron chi connectivity index (χ1n) is 6.02. The minimum absolute atomic E-state index is 0.128. The van der Waals surface area contributed by atoms with E-state index in [1.807, 2.05) is 6.92 Å². The second-order valence-electron chi connectivity index (χ2n) is 4.31. The van der Waals surface area contributed by atoms with Gasteiger partial charge in [-0.3, -0.25) is 0 Å². The molecule has 1 fully saturated rings. The number of rotatable bonds is 6. The maximum Gasteiger partial charge on any atom is 0.122 e. The van der Waals surface area contributed by atoms with E-state index in [0.717, 1.165) is 29.9 Å². The highest BCUT2D eigenvalue weighted by Crippen LogP contribution is 2.27. The Kier molecular flexibility index (Phi) is 3.95. The van der Waals surface area contributed by atoms with E-state index in [1.54, 1.807) is 11.3 Å². The van der Waals surface area contributed by atoms with Crippen molar-refractivity contribution in [3.05, 3.63) is 15.6 Å². The zero-order valence-electron chi connectivity index (χ0n) is 10.2. The van der Waals surface area contributed by atoms with Crippen LogP contribution in [0.15, 0.2) is 0 Å². The van der Waals surface area contributed by atoms with Gasteiger partial charge in [0.15, 0.2) is 0 Å². The van der Waals surface area contributed by atoms with Crippen LogP contribution in [-0.2, 0) is 11.3 Å². The molecule has 1 aliphatic rings. The SMILES string of the molecule is CCOC(C)c1nc(C)c(CNC2CC2)s1. The Bertz CT molecular complexity index is 347. The van der Waals surface area contributed by atoms with Gasteiger partial charge in [0.05, 0.1) is 5.69 Å². The van der Waals surface area contributed by atoms with Crippen LogP contribution in [0.1, 0.15) is 48.4 Å². The molecule has 1 aromatic rings. The number of ether oxygens (including phenoxy) is 1. The van der Waals surface area contributed by atoms with Crippen molar-refractivity contribution in [1.82, 2.24) is 10.3 Å². The topological polar surface area (TPSA) is 34.1 Å². The summed E-state index contributed by atoms with van der Waals surface area (Å²) in [5.41, 5.74) is 1.15. The monoisotopic (exact) mass is 240 g/mol. The Morgan fingerprint density at radius 3 is 2.94 bits per heavy atom. The van der Waals surface area contributed by atoms with Crippen molar-refractivity contribution in [3.63, 3.8) is 0 Å². The highest BCUT2D eigenvalue weighted by Gasteiger charge is 2.21. The first-order chi connectivity index (χ1) is 7.70. The largest absolute Gasteiger partial charge is 0.372 e. The van der Waals surface area contributed by atoms with Gasteiger partial charge in [-0.05, 0) is 33.6 Å². The highest BCUT2D eigenvalue weighted by atomic mass is 32.1. The molecule has 1 unspecified atom stereocenters. The average molecular weight is 240 g/mol. The third kappa shape index (κ3) is 3.03. The van der Waals surface area contributed by atoms with Crippen LogP contribution < -0.4 is 5.32 Å². The van der Waals surface area contributed by atoms with Crippen molar-refractivity contribution in [1.29, 1.82) is 0 Å². The van der Waals surface area contributed by atoms with Gasteiger partial charge >= 0.3 is 0 Å². The Balaban J connectivity index is 1.96. The van der Waals surface area contributed by atoms with E-state index in [1.165, 1.54) is 17.7 Å². The van der Waals surface area contributed by atoms with Gasteiger partial charge in [-0.15, -0.1) is 11.3 Å². The molecule has 16 heavy (non-hydrogen) atoms. The molecular weight excluding hydrogens is 220 g/mol. The number of thiazole rings is 1. The molecule has 90 valence electrons. The lowest BCUT2D eigenvalue weighted by molar-refractivity contribution is 0.0761. The maximum absolute atomic E-state index is 5.56. The summed E-state index contributed by atoms with van der Waals surface area (Å²) in [6.07, 6.45) is 2.79. The Morgan fingerprint density at radius 1 is 1.56 bits per heavy atom. The average Bonchev–Trinajstić information content (AvgIpc) is 3.00. The Hall–Kier alpha value is -0.450. The molecule has 4 heteroatoms. The lowest BCUT2D eigenvalue weighted by Crippen LogP contribution is -2.14. The predicted octanol–water partition coefficient (Wildman–Crippen LogP) is 2.80. The van der Waals surface area contributed by atoms with Gasteiger partial charge in [0.2, 0.25) is 0 Å². The Morgan fingerprint density at radius 2 is 2.31 bits per heavy atom. The molecule has 1 saturated carbocycles. The van der Waals surface area contributed by atoms with E-state index in [2.05, 4.69) is 24.1 Å². The summed E-state index contributed by atoms with van der Waals surface area (Å²) < 4.78 is 5.56. The first kappa shape index (κ1) is 12.0. The minimum atomic E-state index is 0.128. The van der Waals surface area contributed by atoms with Crippen LogP contribution in [0.5, 0.6) is 0 Å². The van der Waals surface area contributed by atoms with Crippen LogP contribution in [0.25, 0.3) is 0 Å². The fourth-order valence-electron chi connectivity index (χ4n) is 1.63. The van der Waals surface area contributed by atoms with Gasteiger partial charge < -0.3 is 10.1 Å². The van der Waals surface area contributed by atoms with Gasteiger partial charge in [-0.1, -0.05) is 0 Å². The van der Waals surface area contributed by atoms with Crippen LogP contribution in [0.3, 0.4) is 0 Å². The molecule has 0 aliphatic heterocycles. The fraction of sp³-hybridized carbons (Fsp3) is 0.750. The third-order valence-corrected chi connectivity index (χ3v) is 4.12. The van der Waals surface area contributed by atoms with Gasteiger partial charge in [-0.2, -0.15) is 0 Å². The first-order valence-corrected chi connectivity index (χ1v) is 6.83. The maximum atomic E-state index is 5.56. The number of aryl methyl sites for hydroxylation is 1. The predicted molar refractivity (Wildman–Crippen MR) is 66.8 cm³/mol. The van der Waals surface area contributed by atoms with E-state index in [9.17, 15) is 0 Å². The summed E-state index contributed by atoms with van der Waals surface area (Å²) in [5, 5.41) is 4.63. The third-order valence-electron chi connectivity index (χ3n) is 2.80. The zero-order chi connectivity index (χ0) is 11.5. The van der Waals surface area contributed by atoms with Crippen molar-refractivity contribution >= 4 is 11.3 Å². The normalized spacial score (nSPS) is 17.7. The van der Waals surface area contributed by atoms with E-state index < -0.39 is 0 Å². The number of nitrogens with one attached hydrogen (secondary N) is 1. The smallest absolute Gasteiger partial charge is 0.122 e. The molecule has 0 radical (unpaired) electrons. The van der Waals surface area contributed by atoms with Crippen LogP contribution in [0, 0.1) is 6.92 Å². The van der Waals surface area contributed by atoms with Gasteiger partial charge in [0.1, 0.15) is 11.1 Å². The molecule has 1 heterocycles. The van der Waals surface area contributed by atoms with Gasteiger partial charge in [0, 0.05) is 24.1 Å². The van der Waals surface area contributed by atoms with Crippen molar-refractivity contribution in [3.8, 4) is 0 Å². The molecule has 0 amide bonds. The molecule has 3 nitrogen and oxygen atoms in total. The molecule has 2 rings (SSSR count). The summed E-state index contributed by atoms with van der Waals surface area (Å²) in [5.74, 6) is 0. The summed E-state index contributed by atoms with van der Waals surface area (Å²) in [6, 6.07) is 0.759. The van der Waals surface area contributed by atoms with E-state index >= 15 is 0 Å². The number of hydrogen-bond donors (Lipinski definition) is 1. The number of nitrogens with zero attached hydrogens (tertiary/aromatic N) is 1. The van der Waals surface area contributed by atoms with Crippen molar-refractivity contribution in [2.24, 2.45) is 0 Å². The molecule has 1 aromatic heterocycles. The van der Waals surface area contributed by atoms with Crippen molar-refractivity contribution < 1.29 is 4.74 Å².